The normalized spacial score (nSPS) is 16.7. The average Bonchev–Trinajstić information content (AvgIpc) is 3.09. The average molecular weight is 473 g/mol. The lowest BCUT2D eigenvalue weighted by Gasteiger charge is -2.39. The van der Waals surface area contributed by atoms with Crippen LogP contribution >= 0.6 is 11.3 Å². The van der Waals surface area contributed by atoms with Crippen molar-refractivity contribution in [1.82, 2.24) is 4.90 Å². The Morgan fingerprint density at radius 2 is 2.00 bits per heavy atom. The van der Waals surface area contributed by atoms with Gasteiger partial charge in [-0.2, -0.15) is 0 Å². The van der Waals surface area contributed by atoms with Crippen LogP contribution in [0.15, 0.2) is 24.3 Å². The van der Waals surface area contributed by atoms with Crippen molar-refractivity contribution in [3.05, 3.63) is 35.4 Å². The van der Waals surface area contributed by atoms with Crippen molar-refractivity contribution in [1.29, 1.82) is 0 Å². The van der Waals surface area contributed by atoms with Crippen LogP contribution in [-0.4, -0.2) is 53.9 Å². The van der Waals surface area contributed by atoms with Gasteiger partial charge in [-0.1, -0.05) is 26.0 Å². The summed E-state index contributed by atoms with van der Waals surface area (Å²) in [5.74, 6) is -0.325. The van der Waals surface area contributed by atoms with E-state index in [1.54, 1.807) is 18.0 Å². The third kappa shape index (κ3) is 5.19. The molecule has 0 saturated carbocycles. The molecule has 1 atom stereocenters. The number of halogens is 3. The summed E-state index contributed by atoms with van der Waals surface area (Å²) in [5.41, 5.74) is 1.72. The Kier molecular flexibility index (Phi) is 7.36. The minimum absolute atomic E-state index is 0.117. The third-order valence-corrected chi connectivity index (χ3v) is 6.64. The molecule has 0 saturated heterocycles. The number of carbonyl (C=O) groups excluding carboxylic acids is 1. The molecule has 0 fully saturated rings. The quantitative estimate of drug-likeness (QED) is 0.594. The first-order valence-corrected chi connectivity index (χ1v) is 11.2. The van der Waals surface area contributed by atoms with E-state index >= 15 is 0 Å². The summed E-state index contributed by atoms with van der Waals surface area (Å²) < 4.78 is 42.2. The first-order chi connectivity index (χ1) is 15.0. The highest BCUT2D eigenvalue weighted by atomic mass is 32.1. The molecule has 0 aliphatic carbocycles. The van der Waals surface area contributed by atoms with E-state index in [-0.39, 0.29) is 24.8 Å². The number of nitrogens with zero attached hydrogens (tertiary/aromatic N) is 2. The number of anilines is 1. The lowest BCUT2D eigenvalue weighted by molar-refractivity contribution is -0.274. The summed E-state index contributed by atoms with van der Waals surface area (Å²) in [4.78, 5) is 16.9. The van der Waals surface area contributed by atoms with Crippen molar-refractivity contribution in [2.24, 2.45) is 5.92 Å². The molecule has 1 amide bonds. The van der Waals surface area contributed by atoms with Crippen LogP contribution < -0.4 is 9.64 Å². The van der Waals surface area contributed by atoms with Crippen LogP contribution in [-0.2, 0) is 6.42 Å². The molecule has 1 aliphatic rings. The fourth-order valence-corrected chi connectivity index (χ4v) is 5.00. The van der Waals surface area contributed by atoms with Crippen molar-refractivity contribution < 1.29 is 32.9 Å². The number of aliphatic hydroxyl groups excluding tert-OH is 2. The summed E-state index contributed by atoms with van der Waals surface area (Å²) in [5, 5.41) is 20.4. The molecule has 2 N–H and O–H groups in total. The highest BCUT2D eigenvalue weighted by Gasteiger charge is 2.39. The zero-order valence-corrected chi connectivity index (χ0v) is 19.0. The molecule has 0 spiro atoms. The molecule has 1 unspecified atom stereocenters. The molecule has 10 heteroatoms. The van der Waals surface area contributed by atoms with Crippen LogP contribution in [0.2, 0.25) is 0 Å². The number of ether oxygens (including phenoxy) is 1. The SMILES string of the molecule is CC(C)CCc1c(-c2cccc(OC(F)(F)F)c2)sc2c1C(=O)N(CCCO)C(O)N2C. The monoisotopic (exact) mass is 472 g/mol. The topological polar surface area (TPSA) is 73.2 Å². The number of hydrogen-bond acceptors (Lipinski definition) is 6. The minimum atomic E-state index is -4.80. The lowest BCUT2D eigenvalue weighted by Crippen LogP contribution is -2.54. The molecule has 6 nitrogen and oxygen atoms in total. The molecule has 0 bridgehead atoms. The van der Waals surface area contributed by atoms with Crippen LogP contribution in [0.1, 0.15) is 42.6 Å². The second-order valence-corrected chi connectivity index (χ2v) is 9.13. The van der Waals surface area contributed by atoms with Crippen molar-refractivity contribution in [3.63, 3.8) is 0 Å². The summed E-state index contributed by atoms with van der Waals surface area (Å²) in [7, 11) is 1.66. The van der Waals surface area contributed by atoms with E-state index in [1.807, 2.05) is 0 Å². The molecule has 32 heavy (non-hydrogen) atoms. The van der Waals surface area contributed by atoms with Gasteiger partial charge in [0.15, 0.2) is 0 Å². The molecule has 3 rings (SSSR count). The first-order valence-electron chi connectivity index (χ1n) is 10.4. The Bertz CT molecular complexity index is 961. The van der Waals surface area contributed by atoms with E-state index < -0.39 is 12.7 Å². The van der Waals surface area contributed by atoms with Gasteiger partial charge in [0, 0.05) is 25.1 Å². The zero-order chi connectivity index (χ0) is 23.6. The third-order valence-electron chi connectivity index (χ3n) is 5.27. The molecule has 2 aromatic rings. The van der Waals surface area contributed by atoms with Crippen molar-refractivity contribution >= 4 is 22.2 Å². The van der Waals surface area contributed by atoms with E-state index in [1.165, 1.54) is 34.4 Å². The molecule has 1 aromatic heterocycles. The summed E-state index contributed by atoms with van der Waals surface area (Å²) in [6, 6.07) is 5.71. The summed E-state index contributed by atoms with van der Waals surface area (Å²) in [6.45, 7) is 4.18. The van der Waals surface area contributed by atoms with Crippen LogP contribution in [0.25, 0.3) is 10.4 Å². The number of alkyl halides is 3. The minimum Gasteiger partial charge on any atom is -0.406 e. The summed E-state index contributed by atoms with van der Waals surface area (Å²) >= 11 is 1.27. The van der Waals surface area contributed by atoms with E-state index in [2.05, 4.69) is 18.6 Å². The fraction of sp³-hybridized carbons (Fsp3) is 0.500. The Morgan fingerprint density at radius 3 is 2.62 bits per heavy atom. The smallest absolute Gasteiger partial charge is 0.406 e. The second-order valence-electron chi connectivity index (χ2n) is 8.13. The number of thiophene rings is 1. The predicted octanol–water partition coefficient (Wildman–Crippen LogP) is 4.45. The van der Waals surface area contributed by atoms with Crippen molar-refractivity contribution in [2.45, 2.75) is 45.8 Å². The maximum absolute atomic E-state index is 13.3. The van der Waals surface area contributed by atoms with Gasteiger partial charge < -0.3 is 19.8 Å². The van der Waals surface area contributed by atoms with E-state index in [0.29, 0.717) is 39.8 Å². The summed E-state index contributed by atoms with van der Waals surface area (Å²) in [6.07, 6.45) is -4.33. The van der Waals surface area contributed by atoms with Gasteiger partial charge in [-0.15, -0.1) is 24.5 Å². The number of rotatable bonds is 8. The second kappa shape index (κ2) is 9.68. The predicted molar refractivity (Wildman–Crippen MR) is 117 cm³/mol. The number of amides is 1. The van der Waals surface area contributed by atoms with Crippen LogP contribution in [0.3, 0.4) is 0 Å². The van der Waals surface area contributed by atoms with Gasteiger partial charge in [0.2, 0.25) is 6.35 Å². The van der Waals surface area contributed by atoms with Crippen LogP contribution in [0, 0.1) is 5.92 Å². The lowest BCUT2D eigenvalue weighted by atomic mass is 9.95. The van der Waals surface area contributed by atoms with Gasteiger partial charge >= 0.3 is 6.36 Å². The van der Waals surface area contributed by atoms with Gasteiger partial charge in [-0.25, -0.2) is 0 Å². The van der Waals surface area contributed by atoms with E-state index in [0.717, 1.165) is 12.0 Å². The zero-order valence-electron chi connectivity index (χ0n) is 18.1. The molecular weight excluding hydrogens is 445 g/mol. The number of carbonyl (C=O) groups is 1. The molecule has 1 aromatic carbocycles. The standard InChI is InChI=1S/C22H27F3N2O4S/c1-13(2)8-9-16-17-19(29)27(10-5-11-28)21(30)26(3)20(17)32-18(16)14-6-4-7-15(12-14)31-22(23,24)25/h4,6-7,12-13,21,28,30H,5,8-11H2,1-3H3. The van der Waals surface area contributed by atoms with Gasteiger partial charge in [-0.3, -0.25) is 9.69 Å². The fourth-order valence-electron chi connectivity index (χ4n) is 3.68. The van der Waals surface area contributed by atoms with Gasteiger partial charge in [0.25, 0.3) is 5.91 Å². The Balaban J connectivity index is 2.11. The highest BCUT2D eigenvalue weighted by molar-refractivity contribution is 7.20. The molecule has 2 heterocycles. The largest absolute Gasteiger partial charge is 0.573 e. The van der Waals surface area contributed by atoms with Gasteiger partial charge in [0.1, 0.15) is 10.8 Å². The number of aliphatic hydroxyl groups is 2. The highest BCUT2D eigenvalue weighted by Crippen LogP contribution is 2.46. The molecule has 176 valence electrons. The van der Waals surface area contributed by atoms with Gasteiger partial charge in [0.05, 0.1) is 5.56 Å². The Labute approximate surface area is 188 Å². The first kappa shape index (κ1) is 24.3. The van der Waals surface area contributed by atoms with Crippen molar-refractivity contribution in [2.75, 3.05) is 25.1 Å². The van der Waals surface area contributed by atoms with E-state index in [4.69, 9.17) is 5.11 Å². The van der Waals surface area contributed by atoms with Crippen LogP contribution in [0.5, 0.6) is 5.75 Å². The van der Waals surface area contributed by atoms with E-state index in [9.17, 15) is 23.1 Å². The van der Waals surface area contributed by atoms with Crippen LogP contribution in [0.4, 0.5) is 18.2 Å². The van der Waals surface area contributed by atoms with Gasteiger partial charge in [-0.05, 0) is 48.4 Å². The Hall–Kier alpha value is -2.30. The molecule has 1 aliphatic heterocycles. The number of benzene rings is 1. The number of hydrogen-bond donors (Lipinski definition) is 2. The maximum Gasteiger partial charge on any atom is 0.573 e. The molecule has 0 radical (unpaired) electrons. The maximum atomic E-state index is 13.3. The molecular formula is C22H27F3N2O4S. The number of fused-ring (bicyclic) bond motifs is 1. The Morgan fingerprint density at radius 1 is 1.28 bits per heavy atom. The van der Waals surface area contributed by atoms with Crippen molar-refractivity contribution in [3.8, 4) is 16.2 Å².